The lowest BCUT2D eigenvalue weighted by molar-refractivity contribution is -0.569. The van der Waals surface area contributed by atoms with Gasteiger partial charge in [-0.3, -0.25) is 0 Å². The Hall–Kier alpha value is -1.80. The van der Waals surface area contributed by atoms with E-state index in [1.807, 2.05) is 0 Å². The number of hydrogen-bond acceptors (Lipinski definition) is 1. The van der Waals surface area contributed by atoms with E-state index in [0.717, 1.165) is 13.1 Å². The van der Waals surface area contributed by atoms with Crippen molar-refractivity contribution in [3.8, 4) is 0 Å². The van der Waals surface area contributed by atoms with Gasteiger partial charge in [0.1, 0.15) is 5.69 Å². The molecule has 0 heterocycles. The van der Waals surface area contributed by atoms with E-state index >= 15 is 0 Å². The Morgan fingerprint density at radius 1 is 0.727 bits per heavy atom. The second kappa shape index (κ2) is 6.97. The molecule has 2 rings (SSSR count). The second-order valence-corrected chi connectivity index (χ2v) is 6.51. The van der Waals surface area contributed by atoms with Gasteiger partial charge in [0.25, 0.3) is 0 Å². The molecule has 2 aromatic carbocycles. The highest BCUT2D eigenvalue weighted by Crippen LogP contribution is 2.21. The van der Waals surface area contributed by atoms with Crippen LogP contribution in [0, 0.1) is 41.5 Å². The lowest BCUT2D eigenvalue weighted by atomic mass is 10.0. The number of aryl methyl sites for hydroxylation is 6. The number of hydrogen-bond donors (Lipinski definition) is 2. The third kappa shape index (κ3) is 3.89. The van der Waals surface area contributed by atoms with Crippen LogP contribution in [0.2, 0.25) is 0 Å². The summed E-state index contributed by atoms with van der Waals surface area (Å²) in [6, 6.07) is 9.02. The van der Waals surface area contributed by atoms with Crippen molar-refractivity contribution in [2.45, 2.75) is 41.5 Å². The van der Waals surface area contributed by atoms with Crippen LogP contribution in [0.25, 0.3) is 0 Å². The lowest BCUT2D eigenvalue weighted by Crippen LogP contribution is -2.80. The summed E-state index contributed by atoms with van der Waals surface area (Å²) < 4.78 is 0. The molecule has 0 aliphatic rings. The average molecular weight is 297 g/mol. The largest absolute Gasteiger partial charge is 0.379 e. The van der Waals surface area contributed by atoms with Crippen LogP contribution in [0.5, 0.6) is 0 Å². The van der Waals surface area contributed by atoms with Gasteiger partial charge in [0.15, 0.2) is 0 Å². The molecule has 0 atom stereocenters. The molecule has 118 valence electrons. The highest BCUT2D eigenvalue weighted by molar-refractivity contribution is 5.58. The van der Waals surface area contributed by atoms with Gasteiger partial charge in [-0.25, -0.2) is 0 Å². The van der Waals surface area contributed by atoms with E-state index in [0.29, 0.717) is 0 Å². The van der Waals surface area contributed by atoms with Crippen molar-refractivity contribution in [2.75, 3.05) is 18.4 Å². The smallest absolute Gasteiger partial charge is 0.135 e. The molecule has 22 heavy (non-hydrogen) atoms. The maximum atomic E-state index is 3.60. The third-order valence-corrected chi connectivity index (χ3v) is 4.21. The van der Waals surface area contributed by atoms with Gasteiger partial charge in [-0.1, -0.05) is 35.4 Å². The molecule has 0 radical (unpaired) electrons. The van der Waals surface area contributed by atoms with Gasteiger partial charge in [-0.2, -0.15) is 0 Å². The minimum Gasteiger partial charge on any atom is -0.379 e. The summed E-state index contributed by atoms with van der Waals surface area (Å²) in [5, 5.41) is 5.95. The highest BCUT2D eigenvalue weighted by Gasteiger charge is 2.08. The van der Waals surface area contributed by atoms with Crippen LogP contribution < -0.4 is 10.6 Å². The van der Waals surface area contributed by atoms with E-state index in [4.69, 9.17) is 0 Å². The first-order valence-corrected chi connectivity index (χ1v) is 8.11. The van der Waals surface area contributed by atoms with Crippen molar-refractivity contribution in [1.82, 2.24) is 0 Å². The minimum absolute atomic E-state index is 0.970. The van der Waals surface area contributed by atoms with Crippen LogP contribution in [0.1, 0.15) is 33.4 Å². The molecule has 2 aromatic rings. The molecule has 2 heteroatoms. The Balaban J connectivity index is 1.96. The number of anilines is 1. The van der Waals surface area contributed by atoms with Gasteiger partial charge in [0, 0.05) is 16.8 Å². The maximum Gasteiger partial charge on any atom is 0.135 e. The van der Waals surface area contributed by atoms with Gasteiger partial charge in [-0.05, 0) is 52.7 Å². The maximum absolute atomic E-state index is 3.60. The first-order chi connectivity index (χ1) is 10.4. The predicted molar refractivity (Wildman–Crippen MR) is 96.2 cm³/mol. The van der Waals surface area contributed by atoms with Crippen molar-refractivity contribution in [1.29, 1.82) is 0 Å². The number of quaternary nitrogens is 1. The van der Waals surface area contributed by atoms with Crippen molar-refractivity contribution >= 4 is 11.4 Å². The summed E-state index contributed by atoms with van der Waals surface area (Å²) >= 11 is 0. The third-order valence-electron chi connectivity index (χ3n) is 4.21. The molecular weight excluding hydrogens is 268 g/mol. The summed E-state index contributed by atoms with van der Waals surface area (Å²) in [6.45, 7) is 15.1. The summed E-state index contributed by atoms with van der Waals surface area (Å²) in [4.78, 5) is 0. The van der Waals surface area contributed by atoms with Crippen LogP contribution in [-0.2, 0) is 0 Å². The number of rotatable bonds is 5. The first kappa shape index (κ1) is 16.6. The fourth-order valence-electron chi connectivity index (χ4n) is 3.39. The van der Waals surface area contributed by atoms with Crippen LogP contribution in [0.3, 0.4) is 0 Å². The molecule has 0 aliphatic carbocycles. The summed E-state index contributed by atoms with van der Waals surface area (Å²) in [5.74, 6) is 0. The van der Waals surface area contributed by atoms with Gasteiger partial charge in [-0.15, -0.1) is 0 Å². The van der Waals surface area contributed by atoms with Crippen LogP contribution >= 0.6 is 0 Å². The summed E-state index contributed by atoms with van der Waals surface area (Å²) in [5.41, 5.74) is 10.8. The van der Waals surface area contributed by atoms with Crippen LogP contribution in [-0.4, -0.2) is 13.1 Å². The van der Waals surface area contributed by atoms with E-state index < -0.39 is 0 Å². The second-order valence-electron chi connectivity index (χ2n) is 6.51. The molecule has 0 aliphatic heterocycles. The van der Waals surface area contributed by atoms with Crippen molar-refractivity contribution in [3.05, 3.63) is 57.6 Å². The zero-order valence-electron chi connectivity index (χ0n) is 14.8. The number of nitrogens with two attached hydrogens (primary N) is 1. The molecule has 0 unspecified atom stereocenters. The zero-order chi connectivity index (χ0) is 16.3. The Kier molecular flexibility index (Phi) is 5.25. The highest BCUT2D eigenvalue weighted by atomic mass is 15.0. The topological polar surface area (TPSA) is 28.6 Å². The zero-order valence-corrected chi connectivity index (χ0v) is 14.8. The number of benzene rings is 2. The molecule has 0 amide bonds. The molecule has 0 bridgehead atoms. The first-order valence-electron chi connectivity index (χ1n) is 8.11. The van der Waals surface area contributed by atoms with Crippen LogP contribution in [0.4, 0.5) is 11.4 Å². The fourth-order valence-corrected chi connectivity index (χ4v) is 3.39. The average Bonchev–Trinajstić information content (AvgIpc) is 2.38. The SMILES string of the molecule is Cc1cc(C)c(NCC[NH2+]c2c(C)cc(C)cc2C)c(C)c1. The molecular formula is C20H29N2+. The van der Waals surface area contributed by atoms with E-state index in [2.05, 4.69) is 76.4 Å². The van der Waals surface area contributed by atoms with Gasteiger partial charge in [0.2, 0.25) is 0 Å². The molecule has 3 N–H and O–H groups in total. The molecule has 0 fully saturated rings. The Morgan fingerprint density at radius 3 is 1.68 bits per heavy atom. The van der Waals surface area contributed by atoms with E-state index in [-0.39, 0.29) is 0 Å². The summed E-state index contributed by atoms with van der Waals surface area (Å²) in [6.07, 6.45) is 0. The minimum atomic E-state index is 0.970. The molecule has 0 aromatic heterocycles. The molecule has 2 nitrogen and oxygen atoms in total. The van der Waals surface area contributed by atoms with Crippen LogP contribution in [0.15, 0.2) is 24.3 Å². The quantitative estimate of drug-likeness (QED) is 0.637. The summed E-state index contributed by atoms with van der Waals surface area (Å²) in [7, 11) is 0. The van der Waals surface area contributed by atoms with Crippen molar-refractivity contribution in [2.24, 2.45) is 0 Å². The fraction of sp³-hybridized carbons (Fsp3) is 0.400. The predicted octanol–water partition coefficient (Wildman–Crippen LogP) is 3.84. The van der Waals surface area contributed by atoms with Gasteiger partial charge >= 0.3 is 0 Å². The van der Waals surface area contributed by atoms with Crippen molar-refractivity contribution < 1.29 is 5.32 Å². The van der Waals surface area contributed by atoms with Crippen molar-refractivity contribution in [3.63, 3.8) is 0 Å². The van der Waals surface area contributed by atoms with E-state index in [1.165, 1.54) is 44.8 Å². The molecule has 0 saturated heterocycles. The Labute approximate surface area is 135 Å². The monoisotopic (exact) mass is 297 g/mol. The van der Waals surface area contributed by atoms with Gasteiger partial charge < -0.3 is 10.6 Å². The Bertz CT molecular complexity index is 566. The Morgan fingerprint density at radius 2 is 1.18 bits per heavy atom. The normalized spacial score (nSPS) is 10.8. The van der Waals surface area contributed by atoms with Gasteiger partial charge in [0.05, 0.1) is 13.1 Å². The molecule has 0 saturated carbocycles. The van der Waals surface area contributed by atoms with E-state index in [1.54, 1.807) is 0 Å². The number of nitrogens with one attached hydrogen (secondary N) is 1. The lowest BCUT2D eigenvalue weighted by Gasteiger charge is -2.14. The molecule has 0 spiro atoms. The van der Waals surface area contributed by atoms with E-state index in [9.17, 15) is 0 Å². The standard InChI is InChI=1S/C20H28N2/c1-13-9-15(3)19(16(4)10-13)21-7-8-22-20-17(5)11-14(2)12-18(20)6/h9-12,21-22H,7-8H2,1-6H3/p+1.